The molecule has 1 aliphatic carbocycles. The molecular weight excluding hydrogens is 508 g/mol. The highest BCUT2D eigenvalue weighted by atomic mass is 16.6. The summed E-state index contributed by atoms with van der Waals surface area (Å²) >= 11 is 0. The predicted octanol–water partition coefficient (Wildman–Crippen LogP) is 4.04. The van der Waals surface area contributed by atoms with Crippen molar-refractivity contribution in [2.75, 3.05) is 36.0 Å². The van der Waals surface area contributed by atoms with Crippen molar-refractivity contribution in [3.63, 3.8) is 0 Å². The lowest BCUT2D eigenvalue weighted by molar-refractivity contribution is -0.135. The topological polar surface area (TPSA) is 99.3 Å². The maximum atomic E-state index is 13.5. The molecule has 40 heavy (non-hydrogen) atoms. The number of benzene rings is 1. The van der Waals surface area contributed by atoms with E-state index in [4.69, 9.17) is 4.74 Å². The van der Waals surface area contributed by atoms with Crippen LogP contribution in [0.5, 0.6) is 0 Å². The van der Waals surface area contributed by atoms with Crippen LogP contribution in [0.3, 0.4) is 0 Å². The van der Waals surface area contributed by atoms with Gasteiger partial charge in [0.1, 0.15) is 11.6 Å². The van der Waals surface area contributed by atoms with Gasteiger partial charge in [0.25, 0.3) is 0 Å². The molecule has 0 aromatic heterocycles. The summed E-state index contributed by atoms with van der Waals surface area (Å²) in [7, 11) is 0. The second-order valence-electron chi connectivity index (χ2n) is 13.1. The summed E-state index contributed by atoms with van der Waals surface area (Å²) in [6.07, 6.45) is 8.44. The van der Waals surface area contributed by atoms with Gasteiger partial charge in [-0.1, -0.05) is 11.6 Å². The molecular formula is C31H40N4O5. The van der Waals surface area contributed by atoms with Gasteiger partial charge >= 0.3 is 6.09 Å². The summed E-state index contributed by atoms with van der Waals surface area (Å²) in [5.74, 6) is 0.00352. The Balaban J connectivity index is 1.07. The number of carbonyl (C=O) groups excluding carboxylic acids is 4. The number of piperidine rings is 2. The van der Waals surface area contributed by atoms with Gasteiger partial charge in [-0.25, -0.2) is 4.79 Å². The molecule has 6 rings (SSSR count). The second-order valence-corrected chi connectivity index (χ2v) is 13.1. The fourth-order valence-corrected chi connectivity index (χ4v) is 6.77. The summed E-state index contributed by atoms with van der Waals surface area (Å²) < 4.78 is 5.51. The molecule has 9 heteroatoms. The minimum absolute atomic E-state index is 0.0128. The summed E-state index contributed by atoms with van der Waals surface area (Å²) in [5.41, 5.74) is 3.50. The lowest BCUT2D eigenvalue weighted by Gasteiger charge is -2.35. The number of ether oxygens (including phenoxy) is 1. The van der Waals surface area contributed by atoms with Crippen molar-refractivity contribution in [1.29, 1.82) is 0 Å². The molecule has 1 N–H and O–H groups in total. The third kappa shape index (κ3) is 4.99. The van der Waals surface area contributed by atoms with Gasteiger partial charge in [0.05, 0.1) is 5.41 Å². The Kier molecular flexibility index (Phi) is 6.66. The second kappa shape index (κ2) is 9.93. The molecule has 4 heterocycles. The van der Waals surface area contributed by atoms with Gasteiger partial charge in [0.2, 0.25) is 17.7 Å². The van der Waals surface area contributed by atoms with Crippen molar-refractivity contribution in [2.24, 2.45) is 5.92 Å². The van der Waals surface area contributed by atoms with Crippen LogP contribution in [-0.4, -0.2) is 66.5 Å². The first-order chi connectivity index (χ1) is 19.0. The Morgan fingerprint density at radius 3 is 2.42 bits per heavy atom. The Bertz CT molecular complexity index is 1270. The zero-order chi connectivity index (χ0) is 28.2. The number of fused-ring (bicyclic) bond motifs is 2. The molecule has 5 aliphatic rings. The Morgan fingerprint density at radius 1 is 1.05 bits per heavy atom. The molecule has 4 aliphatic heterocycles. The van der Waals surface area contributed by atoms with Crippen molar-refractivity contribution < 1.29 is 23.9 Å². The minimum Gasteiger partial charge on any atom is -0.444 e. The molecule has 1 atom stereocenters. The number of nitrogens with zero attached hydrogens (tertiary/aromatic N) is 3. The number of hydrogen-bond donors (Lipinski definition) is 1. The van der Waals surface area contributed by atoms with Crippen LogP contribution in [0.1, 0.15) is 77.7 Å². The molecule has 1 saturated carbocycles. The van der Waals surface area contributed by atoms with E-state index in [0.29, 0.717) is 25.4 Å². The van der Waals surface area contributed by atoms with Crippen molar-refractivity contribution >= 4 is 35.2 Å². The van der Waals surface area contributed by atoms with E-state index in [2.05, 4.69) is 28.4 Å². The molecule has 1 unspecified atom stereocenters. The third-order valence-corrected chi connectivity index (χ3v) is 9.14. The van der Waals surface area contributed by atoms with Gasteiger partial charge < -0.3 is 14.5 Å². The van der Waals surface area contributed by atoms with E-state index in [9.17, 15) is 19.2 Å². The average molecular weight is 549 g/mol. The normalized spacial score (nSPS) is 24.7. The quantitative estimate of drug-likeness (QED) is 0.450. The fraction of sp³-hybridized carbons (Fsp3) is 0.613. The van der Waals surface area contributed by atoms with Crippen LogP contribution in [0.25, 0.3) is 0 Å². The van der Waals surface area contributed by atoms with E-state index in [1.807, 2.05) is 26.8 Å². The van der Waals surface area contributed by atoms with E-state index >= 15 is 0 Å². The summed E-state index contributed by atoms with van der Waals surface area (Å²) in [6.45, 7) is 8.96. The van der Waals surface area contributed by atoms with Gasteiger partial charge in [-0.3, -0.25) is 24.6 Å². The predicted molar refractivity (Wildman–Crippen MR) is 151 cm³/mol. The highest BCUT2D eigenvalue weighted by molar-refractivity contribution is 6.15. The smallest absolute Gasteiger partial charge is 0.410 e. The SMILES string of the molecule is CC(C)(C)OC(=O)N1CC=C(CC2CCN(c3ccc4c(c3)C3(CC3)C(=O)N4C3CCC(=O)NC3=O)CC2)CC1. The average Bonchev–Trinajstić information content (AvgIpc) is 3.68. The molecule has 3 fully saturated rings. The van der Waals surface area contributed by atoms with Crippen molar-refractivity contribution in [3.8, 4) is 0 Å². The van der Waals surface area contributed by atoms with Crippen LogP contribution in [-0.2, 0) is 24.5 Å². The van der Waals surface area contributed by atoms with E-state index in [1.165, 1.54) is 5.57 Å². The molecule has 1 aromatic carbocycles. The van der Waals surface area contributed by atoms with Crippen LogP contribution < -0.4 is 15.1 Å². The molecule has 2 saturated heterocycles. The zero-order valence-electron chi connectivity index (χ0n) is 23.8. The largest absolute Gasteiger partial charge is 0.444 e. The Labute approximate surface area is 235 Å². The van der Waals surface area contributed by atoms with Crippen molar-refractivity contribution in [2.45, 2.75) is 89.2 Å². The molecule has 214 valence electrons. The number of carbonyl (C=O) groups is 4. The lowest BCUT2D eigenvalue weighted by Crippen LogP contribution is -2.54. The summed E-state index contributed by atoms with van der Waals surface area (Å²) in [6, 6.07) is 5.66. The van der Waals surface area contributed by atoms with Gasteiger partial charge in [-0.2, -0.15) is 0 Å². The highest BCUT2D eigenvalue weighted by Gasteiger charge is 2.61. The number of rotatable bonds is 4. The van der Waals surface area contributed by atoms with Gasteiger partial charge in [-0.15, -0.1) is 0 Å². The number of imide groups is 1. The van der Waals surface area contributed by atoms with Gasteiger partial charge in [0.15, 0.2) is 0 Å². The minimum atomic E-state index is -0.615. The van der Waals surface area contributed by atoms with E-state index in [1.54, 1.807) is 9.80 Å². The van der Waals surface area contributed by atoms with Crippen molar-refractivity contribution in [3.05, 3.63) is 35.4 Å². The molecule has 0 bridgehead atoms. The first-order valence-corrected chi connectivity index (χ1v) is 14.8. The van der Waals surface area contributed by atoms with Crippen molar-refractivity contribution in [1.82, 2.24) is 10.2 Å². The standard InChI is InChI=1S/C31H40N4O5/c1-30(2,3)40-29(39)34-16-10-21(11-17-34)18-20-8-14-33(15-9-20)22-4-5-24-23(19-22)31(12-13-31)28(38)35(24)25-6-7-26(36)32-27(25)37/h4-5,10,19-20,25H,6-9,11-18H2,1-3H3,(H,32,36,37). The monoisotopic (exact) mass is 548 g/mol. The number of nitrogens with one attached hydrogen (secondary N) is 1. The van der Waals surface area contributed by atoms with Crippen LogP contribution in [0.4, 0.5) is 16.2 Å². The Morgan fingerprint density at radius 2 is 1.80 bits per heavy atom. The van der Waals surface area contributed by atoms with E-state index in [0.717, 1.165) is 68.6 Å². The first kappa shape index (κ1) is 26.8. The Hall–Kier alpha value is -3.36. The van der Waals surface area contributed by atoms with Crippen LogP contribution in [0, 0.1) is 5.92 Å². The number of hydrogen-bond acceptors (Lipinski definition) is 6. The van der Waals surface area contributed by atoms with Gasteiger partial charge in [0, 0.05) is 44.0 Å². The maximum Gasteiger partial charge on any atom is 0.410 e. The fourth-order valence-electron chi connectivity index (χ4n) is 6.77. The molecule has 1 spiro atoms. The number of amides is 4. The maximum absolute atomic E-state index is 13.5. The van der Waals surface area contributed by atoms with Crippen LogP contribution in [0.15, 0.2) is 29.8 Å². The number of anilines is 2. The van der Waals surface area contributed by atoms with Crippen LogP contribution >= 0.6 is 0 Å². The van der Waals surface area contributed by atoms with Gasteiger partial charge in [-0.05, 0) is 95.4 Å². The lowest BCUT2D eigenvalue weighted by atomic mass is 9.87. The highest BCUT2D eigenvalue weighted by Crippen LogP contribution is 2.58. The molecule has 9 nitrogen and oxygen atoms in total. The van der Waals surface area contributed by atoms with E-state index < -0.39 is 17.1 Å². The zero-order valence-corrected chi connectivity index (χ0v) is 23.8. The third-order valence-electron chi connectivity index (χ3n) is 9.14. The molecule has 0 radical (unpaired) electrons. The summed E-state index contributed by atoms with van der Waals surface area (Å²) in [4.78, 5) is 56.0. The molecule has 1 aromatic rings. The van der Waals surface area contributed by atoms with E-state index in [-0.39, 0.29) is 30.2 Å². The summed E-state index contributed by atoms with van der Waals surface area (Å²) in [5, 5.41) is 2.41. The van der Waals surface area contributed by atoms with Crippen LogP contribution in [0.2, 0.25) is 0 Å². The molecule has 4 amide bonds. The first-order valence-electron chi connectivity index (χ1n) is 14.8.